The summed E-state index contributed by atoms with van der Waals surface area (Å²) in [7, 11) is 4.65. The van der Waals surface area contributed by atoms with Crippen LogP contribution in [0.3, 0.4) is 0 Å². The Hall–Kier alpha value is -2.89. The van der Waals surface area contributed by atoms with Gasteiger partial charge in [-0.2, -0.15) is 0 Å². The fourth-order valence-corrected chi connectivity index (χ4v) is 2.19. The van der Waals surface area contributed by atoms with E-state index in [9.17, 15) is 5.11 Å². The Morgan fingerprint density at radius 3 is 2.17 bits per heavy atom. The molecule has 0 aliphatic carbocycles. The molecule has 6 nitrogen and oxygen atoms in total. The molecule has 0 atom stereocenters. The van der Waals surface area contributed by atoms with E-state index < -0.39 is 0 Å². The van der Waals surface area contributed by atoms with Crippen molar-refractivity contribution in [3.63, 3.8) is 0 Å². The lowest BCUT2D eigenvalue weighted by molar-refractivity contribution is 0.324. The molecule has 128 valence electrons. The summed E-state index contributed by atoms with van der Waals surface area (Å²) in [6, 6.07) is 8.53. The Morgan fingerprint density at radius 1 is 1.00 bits per heavy atom. The molecule has 6 heteroatoms. The van der Waals surface area contributed by atoms with Gasteiger partial charge in [0.15, 0.2) is 11.5 Å². The number of ether oxygens (including phenoxy) is 4. The number of hydrogen-bond donors (Lipinski definition) is 1. The van der Waals surface area contributed by atoms with Gasteiger partial charge in [0.2, 0.25) is 5.75 Å². The molecule has 0 aliphatic heterocycles. The smallest absolute Gasteiger partial charge is 0.203 e. The van der Waals surface area contributed by atoms with Crippen LogP contribution in [-0.2, 0) is 0 Å². The summed E-state index contributed by atoms with van der Waals surface area (Å²) >= 11 is 0. The predicted molar refractivity (Wildman–Crippen MR) is 92.6 cm³/mol. The Kier molecular flexibility index (Phi) is 5.89. The number of aliphatic imine (C=N–C) groups is 1. The van der Waals surface area contributed by atoms with Crippen LogP contribution < -0.4 is 18.9 Å². The molecule has 0 aromatic heterocycles. The number of aromatic hydroxyl groups is 1. The van der Waals surface area contributed by atoms with Crippen LogP contribution in [-0.4, -0.2) is 39.3 Å². The van der Waals surface area contributed by atoms with E-state index in [1.165, 1.54) is 6.07 Å². The predicted octanol–water partition coefficient (Wildman–Crippen LogP) is 3.57. The first-order chi connectivity index (χ1) is 11.6. The minimum atomic E-state index is 0.0460. The molecule has 1 N–H and O–H groups in total. The van der Waals surface area contributed by atoms with E-state index in [0.29, 0.717) is 35.3 Å². The van der Waals surface area contributed by atoms with Crippen molar-refractivity contribution in [1.82, 2.24) is 0 Å². The third-order valence-corrected chi connectivity index (χ3v) is 3.30. The van der Waals surface area contributed by atoms with E-state index in [1.54, 1.807) is 51.8 Å². The second-order valence-electron chi connectivity index (χ2n) is 4.80. The number of phenols is 1. The van der Waals surface area contributed by atoms with E-state index in [2.05, 4.69) is 4.99 Å². The van der Waals surface area contributed by atoms with Gasteiger partial charge >= 0.3 is 0 Å². The highest BCUT2D eigenvalue weighted by atomic mass is 16.5. The molecule has 0 heterocycles. The summed E-state index contributed by atoms with van der Waals surface area (Å²) in [4.78, 5) is 4.30. The first-order valence-corrected chi connectivity index (χ1v) is 7.42. The Morgan fingerprint density at radius 2 is 1.67 bits per heavy atom. The zero-order valence-electron chi connectivity index (χ0n) is 14.2. The summed E-state index contributed by atoms with van der Waals surface area (Å²) in [5.74, 6) is 2.23. The molecule has 0 aliphatic rings. The fourth-order valence-electron chi connectivity index (χ4n) is 2.19. The average molecular weight is 331 g/mol. The molecule has 0 saturated heterocycles. The summed E-state index contributed by atoms with van der Waals surface area (Å²) in [5.41, 5.74) is 1.19. The second-order valence-corrected chi connectivity index (χ2v) is 4.80. The average Bonchev–Trinajstić information content (AvgIpc) is 2.60. The van der Waals surface area contributed by atoms with Crippen molar-refractivity contribution < 1.29 is 24.1 Å². The molecule has 0 saturated carbocycles. The second kappa shape index (κ2) is 8.10. The summed E-state index contributed by atoms with van der Waals surface area (Å²) < 4.78 is 21.2. The van der Waals surface area contributed by atoms with Crippen LogP contribution in [0.15, 0.2) is 35.3 Å². The first kappa shape index (κ1) is 17.5. The molecular formula is C18H21NO5. The third kappa shape index (κ3) is 3.90. The molecule has 2 aromatic carbocycles. The van der Waals surface area contributed by atoms with Crippen molar-refractivity contribution in [2.24, 2.45) is 4.99 Å². The van der Waals surface area contributed by atoms with Crippen molar-refractivity contribution in [1.29, 1.82) is 0 Å². The maximum atomic E-state index is 10.0. The molecule has 0 radical (unpaired) electrons. The number of hydrogen-bond acceptors (Lipinski definition) is 6. The maximum absolute atomic E-state index is 10.0. The van der Waals surface area contributed by atoms with Crippen molar-refractivity contribution in [3.8, 4) is 28.7 Å². The van der Waals surface area contributed by atoms with Crippen LogP contribution in [0, 0.1) is 0 Å². The Balaban J connectivity index is 2.32. The summed E-state index contributed by atoms with van der Waals surface area (Å²) in [5, 5.41) is 10.0. The van der Waals surface area contributed by atoms with E-state index in [1.807, 2.05) is 6.92 Å². The third-order valence-electron chi connectivity index (χ3n) is 3.30. The van der Waals surface area contributed by atoms with Crippen LogP contribution >= 0.6 is 0 Å². The van der Waals surface area contributed by atoms with Crippen molar-refractivity contribution in [2.45, 2.75) is 6.92 Å². The molecule has 0 fully saturated rings. The lowest BCUT2D eigenvalue weighted by atomic mass is 10.2. The molecule has 0 bridgehead atoms. The van der Waals surface area contributed by atoms with E-state index in [-0.39, 0.29) is 5.75 Å². The Labute approximate surface area is 141 Å². The van der Waals surface area contributed by atoms with Gasteiger partial charge in [-0.25, -0.2) is 0 Å². The van der Waals surface area contributed by atoms with Gasteiger partial charge < -0.3 is 24.1 Å². The topological polar surface area (TPSA) is 69.5 Å². The quantitative estimate of drug-likeness (QED) is 0.786. The minimum Gasteiger partial charge on any atom is -0.506 e. The minimum absolute atomic E-state index is 0.0460. The van der Waals surface area contributed by atoms with E-state index >= 15 is 0 Å². The molecular weight excluding hydrogens is 310 g/mol. The van der Waals surface area contributed by atoms with Gasteiger partial charge in [-0.05, 0) is 31.2 Å². The largest absolute Gasteiger partial charge is 0.506 e. The van der Waals surface area contributed by atoms with Gasteiger partial charge in [-0.1, -0.05) is 0 Å². The maximum Gasteiger partial charge on any atom is 0.203 e. The standard InChI is InChI=1S/C18H21NO5/c1-5-24-13-6-7-14(15(20)10-13)19-11-12-8-16(21-2)18(23-4)17(9-12)22-3/h6-11,20H,5H2,1-4H3. The highest BCUT2D eigenvalue weighted by Crippen LogP contribution is 2.38. The number of rotatable bonds is 7. The van der Waals surface area contributed by atoms with Gasteiger partial charge in [-0.3, -0.25) is 4.99 Å². The lowest BCUT2D eigenvalue weighted by Crippen LogP contribution is -1.96. The summed E-state index contributed by atoms with van der Waals surface area (Å²) in [6.07, 6.45) is 1.61. The number of methoxy groups -OCH3 is 3. The fraction of sp³-hybridized carbons (Fsp3) is 0.278. The van der Waals surface area contributed by atoms with Gasteiger partial charge in [-0.15, -0.1) is 0 Å². The number of phenolic OH excluding ortho intramolecular Hbond substituents is 1. The van der Waals surface area contributed by atoms with Gasteiger partial charge in [0.1, 0.15) is 17.2 Å². The Bertz CT molecular complexity index is 702. The van der Waals surface area contributed by atoms with E-state index in [4.69, 9.17) is 18.9 Å². The molecule has 2 rings (SSSR count). The first-order valence-electron chi connectivity index (χ1n) is 7.42. The lowest BCUT2D eigenvalue weighted by Gasteiger charge is -2.12. The van der Waals surface area contributed by atoms with Gasteiger partial charge in [0, 0.05) is 17.8 Å². The number of nitrogens with zero attached hydrogens (tertiary/aromatic N) is 1. The summed E-state index contributed by atoms with van der Waals surface area (Å²) in [6.45, 7) is 2.42. The van der Waals surface area contributed by atoms with Crippen molar-refractivity contribution >= 4 is 11.9 Å². The van der Waals surface area contributed by atoms with Crippen LogP contribution in [0.25, 0.3) is 0 Å². The zero-order chi connectivity index (χ0) is 17.5. The van der Waals surface area contributed by atoms with Gasteiger partial charge in [0.25, 0.3) is 0 Å². The van der Waals surface area contributed by atoms with Crippen molar-refractivity contribution in [2.75, 3.05) is 27.9 Å². The normalized spacial score (nSPS) is 10.7. The van der Waals surface area contributed by atoms with Crippen LogP contribution in [0.1, 0.15) is 12.5 Å². The molecule has 0 unspecified atom stereocenters. The molecule has 24 heavy (non-hydrogen) atoms. The molecule has 0 amide bonds. The van der Waals surface area contributed by atoms with Crippen LogP contribution in [0.5, 0.6) is 28.7 Å². The number of benzene rings is 2. The highest BCUT2D eigenvalue weighted by Gasteiger charge is 2.12. The van der Waals surface area contributed by atoms with Crippen LogP contribution in [0.4, 0.5) is 5.69 Å². The SMILES string of the molecule is CCOc1ccc(N=Cc2cc(OC)c(OC)c(OC)c2)c(O)c1. The monoisotopic (exact) mass is 331 g/mol. The van der Waals surface area contributed by atoms with Gasteiger partial charge in [0.05, 0.1) is 27.9 Å². The molecule has 0 spiro atoms. The molecule has 2 aromatic rings. The zero-order valence-corrected chi connectivity index (χ0v) is 14.2. The van der Waals surface area contributed by atoms with Crippen LogP contribution in [0.2, 0.25) is 0 Å². The highest BCUT2D eigenvalue weighted by molar-refractivity contribution is 5.85. The van der Waals surface area contributed by atoms with Crippen molar-refractivity contribution in [3.05, 3.63) is 35.9 Å². The van der Waals surface area contributed by atoms with E-state index in [0.717, 1.165) is 5.56 Å².